The first-order valence-corrected chi connectivity index (χ1v) is 12.3. The molecule has 1 saturated heterocycles. The maximum atomic E-state index is 13.3. The van der Waals surface area contributed by atoms with Crippen molar-refractivity contribution in [2.24, 2.45) is 0 Å². The molecule has 2 unspecified atom stereocenters. The monoisotopic (exact) mass is 505 g/mol. The molecule has 0 radical (unpaired) electrons. The Hall–Kier alpha value is -2.55. The molecule has 4 rings (SSSR count). The minimum absolute atomic E-state index is 0.138. The van der Waals surface area contributed by atoms with Crippen LogP contribution in [0.5, 0.6) is 11.5 Å². The number of halogens is 2. The second kappa shape index (κ2) is 10.6. The standard InChI is InChI=1S/C26H33ClFN3O4/c1-26(2)14-19-23(29)20(27)13-18(24(19)35-26)25(32)30-21-9-11-31(15-22(21)33-3)10-4-12-34-17-7-5-16(28)6-8-17/h5-8,13,21-22H,4,9-12,14-15,29H2,1-3H3,(H,30,32). The van der Waals surface area contributed by atoms with Crippen LogP contribution in [0, 0.1) is 5.82 Å². The lowest BCUT2D eigenvalue weighted by Crippen LogP contribution is -2.55. The van der Waals surface area contributed by atoms with Crippen molar-refractivity contribution in [2.75, 3.05) is 39.1 Å². The van der Waals surface area contributed by atoms with Crippen LogP contribution in [0.2, 0.25) is 5.02 Å². The van der Waals surface area contributed by atoms with Gasteiger partial charge in [-0.2, -0.15) is 0 Å². The highest BCUT2D eigenvalue weighted by molar-refractivity contribution is 6.33. The summed E-state index contributed by atoms with van der Waals surface area (Å²) in [5, 5.41) is 3.49. The summed E-state index contributed by atoms with van der Waals surface area (Å²) in [6.45, 7) is 6.82. The third-order valence-corrected chi connectivity index (χ3v) is 6.87. The van der Waals surface area contributed by atoms with E-state index in [1.165, 1.54) is 12.1 Å². The lowest BCUT2D eigenvalue weighted by atomic mass is 9.97. The summed E-state index contributed by atoms with van der Waals surface area (Å²) in [4.78, 5) is 15.6. The predicted molar refractivity (Wildman–Crippen MR) is 134 cm³/mol. The van der Waals surface area contributed by atoms with Crippen molar-refractivity contribution in [3.63, 3.8) is 0 Å². The van der Waals surface area contributed by atoms with Gasteiger partial charge in [0.15, 0.2) is 0 Å². The van der Waals surface area contributed by atoms with Crippen LogP contribution in [-0.2, 0) is 11.2 Å². The number of nitrogens with zero attached hydrogens (tertiary/aromatic N) is 1. The zero-order chi connectivity index (χ0) is 25.2. The number of nitrogens with one attached hydrogen (secondary N) is 1. The molecule has 2 aromatic carbocycles. The zero-order valence-corrected chi connectivity index (χ0v) is 21.2. The Labute approximate surface area is 210 Å². The molecule has 0 spiro atoms. The van der Waals surface area contributed by atoms with Gasteiger partial charge in [-0.1, -0.05) is 11.6 Å². The third kappa shape index (κ3) is 6.00. The molecule has 190 valence electrons. The Balaban J connectivity index is 1.32. The van der Waals surface area contributed by atoms with E-state index in [0.717, 1.165) is 31.5 Å². The van der Waals surface area contributed by atoms with Crippen LogP contribution in [0.15, 0.2) is 30.3 Å². The fraction of sp³-hybridized carbons (Fsp3) is 0.500. The number of hydrogen-bond donors (Lipinski definition) is 2. The van der Waals surface area contributed by atoms with Crippen LogP contribution in [0.4, 0.5) is 10.1 Å². The molecule has 35 heavy (non-hydrogen) atoms. The van der Waals surface area contributed by atoms with Crippen LogP contribution >= 0.6 is 11.6 Å². The number of hydrogen-bond acceptors (Lipinski definition) is 6. The number of amides is 1. The number of nitrogen functional groups attached to an aromatic ring is 1. The van der Waals surface area contributed by atoms with Crippen LogP contribution in [0.25, 0.3) is 0 Å². The van der Waals surface area contributed by atoms with Gasteiger partial charge in [0.05, 0.1) is 35.0 Å². The topological polar surface area (TPSA) is 86.1 Å². The number of likely N-dealkylation sites (tertiary alicyclic amines) is 1. The second-order valence-electron chi connectivity index (χ2n) is 9.77. The maximum absolute atomic E-state index is 13.3. The summed E-state index contributed by atoms with van der Waals surface area (Å²) in [6.07, 6.45) is 2.02. The van der Waals surface area contributed by atoms with Crippen LogP contribution in [-0.4, -0.2) is 61.9 Å². The molecule has 0 saturated carbocycles. The smallest absolute Gasteiger partial charge is 0.255 e. The number of fused-ring (bicyclic) bond motifs is 1. The first kappa shape index (κ1) is 25.5. The molecule has 9 heteroatoms. The van der Waals surface area contributed by atoms with Gasteiger partial charge in [0.25, 0.3) is 5.91 Å². The number of carbonyl (C=O) groups is 1. The van der Waals surface area contributed by atoms with E-state index in [1.54, 1.807) is 25.3 Å². The summed E-state index contributed by atoms with van der Waals surface area (Å²) in [5.74, 6) is 0.651. The van der Waals surface area contributed by atoms with Gasteiger partial charge in [-0.3, -0.25) is 4.79 Å². The summed E-state index contributed by atoms with van der Waals surface area (Å²) < 4.78 is 30.5. The first-order valence-electron chi connectivity index (χ1n) is 11.9. The third-order valence-electron chi connectivity index (χ3n) is 6.56. The van der Waals surface area contributed by atoms with Gasteiger partial charge in [0.2, 0.25) is 0 Å². The van der Waals surface area contributed by atoms with Gasteiger partial charge in [-0.25, -0.2) is 4.39 Å². The molecule has 2 heterocycles. The molecule has 0 aliphatic carbocycles. The number of nitrogens with two attached hydrogens (primary N) is 1. The van der Waals surface area contributed by atoms with Gasteiger partial charge in [-0.05, 0) is 57.0 Å². The van der Waals surface area contributed by atoms with Gasteiger partial charge in [-0.15, -0.1) is 0 Å². The lowest BCUT2D eigenvalue weighted by molar-refractivity contribution is 0.00523. The number of piperidine rings is 1. The molecule has 1 amide bonds. The molecule has 2 atom stereocenters. The van der Waals surface area contributed by atoms with Crippen molar-refractivity contribution >= 4 is 23.2 Å². The molecular formula is C26H33ClFN3O4. The zero-order valence-electron chi connectivity index (χ0n) is 20.4. The van der Waals surface area contributed by atoms with Crippen LogP contribution < -0.4 is 20.5 Å². The van der Waals surface area contributed by atoms with Crippen molar-refractivity contribution in [1.29, 1.82) is 0 Å². The molecule has 0 aromatic heterocycles. The molecule has 1 fully saturated rings. The molecule has 3 N–H and O–H groups in total. The van der Waals surface area contributed by atoms with Gasteiger partial charge >= 0.3 is 0 Å². The predicted octanol–water partition coefficient (Wildman–Crippen LogP) is 4.06. The number of ether oxygens (including phenoxy) is 3. The summed E-state index contributed by atoms with van der Waals surface area (Å²) >= 11 is 6.34. The van der Waals surface area contributed by atoms with Gasteiger partial charge in [0, 0.05) is 38.7 Å². The fourth-order valence-corrected chi connectivity index (χ4v) is 4.96. The molecular weight excluding hydrogens is 473 g/mol. The second-order valence-corrected chi connectivity index (χ2v) is 10.2. The average molecular weight is 506 g/mol. The Bertz CT molecular complexity index is 1060. The lowest BCUT2D eigenvalue weighted by Gasteiger charge is -2.38. The van der Waals surface area contributed by atoms with E-state index in [9.17, 15) is 9.18 Å². The van der Waals surface area contributed by atoms with E-state index in [2.05, 4.69) is 10.2 Å². The van der Waals surface area contributed by atoms with Crippen molar-refractivity contribution < 1.29 is 23.4 Å². The minimum Gasteiger partial charge on any atom is -0.494 e. The number of carbonyl (C=O) groups excluding carboxylic acids is 1. The Kier molecular flexibility index (Phi) is 7.73. The molecule has 0 bridgehead atoms. The number of anilines is 1. The Morgan fingerprint density at radius 3 is 2.80 bits per heavy atom. The quantitative estimate of drug-likeness (QED) is 0.415. The summed E-state index contributed by atoms with van der Waals surface area (Å²) in [7, 11) is 1.66. The van der Waals surface area contributed by atoms with E-state index >= 15 is 0 Å². The van der Waals surface area contributed by atoms with E-state index in [-0.39, 0.29) is 23.9 Å². The SMILES string of the molecule is COC1CN(CCCOc2ccc(F)cc2)CCC1NC(=O)c1cc(Cl)c(N)c2c1OC(C)(C)C2. The Morgan fingerprint density at radius 2 is 2.09 bits per heavy atom. The van der Waals surface area contributed by atoms with Crippen molar-refractivity contribution in [3.8, 4) is 11.5 Å². The van der Waals surface area contributed by atoms with Crippen LogP contribution in [0.1, 0.15) is 42.6 Å². The number of rotatable bonds is 8. The number of methoxy groups -OCH3 is 1. The van der Waals surface area contributed by atoms with E-state index < -0.39 is 5.60 Å². The molecule has 2 aromatic rings. The highest BCUT2D eigenvalue weighted by Gasteiger charge is 2.37. The molecule has 2 aliphatic heterocycles. The first-order chi connectivity index (χ1) is 16.7. The van der Waals surface area contributed by atoms with Crippen molar-refractivity contribution in [2.45, 2.75) is 50.9 Å². The Morgan fingerprint density at radius 1 is 1.34 bits per heavy atom. The highest BCUT2D eigenvalue weighted by atomic mass is 35.5. The fourth-order valence-electron chi connectivity index (χ4n) is 4.74. The van der Waals surface area contributed by atoms with Crippen molar-refractivity contribution in [3.05, 3.63) is 52.3 Å². The number of benzene rings is 2. The van der Waals surface area contributed by atoms with Crippen molar-refractivity contribution in [1.82, 2.24) is 10.2 Å². The van der Waals surface area contributed by atoms with Crippen LogP contribution in [0.3, 0.4) is 0 Å². The average Bonchev–Trinajstić information content (AvgIpc) is 3.16. The largest absolute Gasteiger partial charge is 0.494 e. The van der Waals surface area contributed by atoms with Gasteiger partial charge < -0.3 is 30.2 Å². The molecule has 7 nitrogen and oxygen atoms in total. The van der Waals surface area contributed by atoms with E-state index in [1.807, 2.05) is 13.8 Å². The van der Waals surface area contributed by atoms with Gasteiger partial charge in [0.1, 0.15) is 22.9 Å². The van der Waals surface area contributed by atoms with E-state index in [0.29, 0.717) is 47.3 Å². The normalized spacial score (nSPS) is 21.3. The highest BCUT2D eigenvalue weighted by Crippen LogP contribution is 2.44. The maximum Gasteiger partial charge on any atom is 0.255 e. The summed E-state index contributed by atoms with van der Waals surface area (Å²) in [6, 6.07) is 7.47. The molecule has 2 aliphatic rings. The van der Waals surface area contributed by atoms with E-state index in [4.69, 9.17) is 31.5 Å². The minimum atomic E-state index is -0.447. The summed E-state index contributed by atoms with van der Waals surface area (Å²) in [5.41, 5.74) is 7.37.